The van der Waals surface area contributed by atoms with Gasteiger partial charge in [-0.1, -0.05) is 31.9 Å². The highest BCUT2D eigenvalue weighted by Crippen LogP contribution is 2.02. The van der Waals surface area contributed by atoms with E-state index in [9.17, 15) is 0 Å². The molecule has 0 radical (unpaired) electrons. The summed E-state index contributed by atoms with van der Waals surface area (Å²) in [6, 6.07) is 0. The maximum Gasteiger partial charge on any atom is 0.0159 e. The lowest BCUT2D eigenvalue weighted by molar-refractivity contribution is 0.145. The van der Waals surface area contributed by atoms with Crippen LogP contribution in [-0.4, -0.2) is 59.7 Å². The van der Waals surface area contributed by atoms with Crippen LogP contribution in [0.25, 0.3) is 0 Å². The monoisotopic (exact) mass is 298 g/mol. The Labute approximate surface area is 91.5 Å². The van der Waals surface area contributed by atoms with Crippen LogP contribution in [0.3, 0.4) is 0 Å². The molecule has 0 bridgehead atoms. The Balaban J connectivity index is 2.11. The smallest absolute Gasteiger partial charge is 0.0159 e. The highest BCUT2D eigenvalue weighted by Gasteiger charge is 2.14. The second-order valence-corrected chi connectivity index (χ2v) is 4.65. The van der Waals surface area contributed by atoms with Gasteiger partial charge >= 0.3 is 0 Å². The van der Waals surface area contributed by atoms with E-state index in [1.165, 1.54) is 39.3 Å². The first-order valence-corrected chi connectivity index (χ1v) is 6.67. The Kier molecular flexibility index (Phi) is 5.80. The molecule has 0 spiro atoms. The van der Waals surface area contributed by atoms with E-state index < -0.39 is 0 Å². The number of nitrogens with zero attached hydrogens (tertiary/aromatic N) is 2. The molecular weight excluding hydrogens is 284 g/mol. The molecule has 1 heterocycles. The van der Waals surface area contributed by atoms with E-state index in [4.69, 9.17) is 0 Å². The molecule has 2 nitrogen and oxygen atoms in total. The molecule has 0 aromatic carbocycles. The molecule has 0 aliphatic carbocycles. The minimum atomic E-state index is 1.10. The largest absolute Gasteiger partial charge is 0.300 e. The van der Waals surface area contributed by atoms with E-state index in [-0.39, 0.29) is 0 Å². The predicted molar refractivity (Wildman–Crippen MR) is 60.5 cm³/mol. The quantitative estimate of drug-likeness (QED) is 0.724. The van der Waals surface area contributed by atoms with Gasteiger partial charge in [0.15, 0.2) is 0 Å². The number of halogens is 2. The fourth-order valence-corrected chi connectivity index (χ4v) is 2.48. The van der Waals surface area contributed by atoms with Gasteiger partial charge in [-0.15, -0.1) is 0 Å². The van der Waals surface area contributed by atoms with Gasteiger partial charge in [0.05, 0.1) is 0 Å². The Morgan fingerprint density at radius 2 is 1.08 bits per heavy atom. The summed E-state index contributed by atoms with van der Waals surface area (Å²) in [4.78, 5) is 5.03. The van der Waals surface area contributed by atoms with Gasteiger partial charge < -0.3 is 0 Å². The van der Waals surface area contributed by atoms with Crippen molar-refractivity contribution in [2.45, 2.75) is 0 Å². The molecule has 1 saturated heterocycles. The zero-order chi connectivity index (χ0) is 8.81. The first kappa shape index (κ1) is 11.0. The van der Waals surface area contributed by atoms with Crippen molar-refractivity contribution in [3.63, 3.8) is 0 Å². The molecule has 1 rings (SSSR count). The van der Waals surface area contributed by atoms with Gasteiger partial charge in [-0.3, -0.25) is 9.80 Å². The second kappa shape index (κ2) is 6.35. The molecule has 0 saturated carbocycles. The average Bonchev–Trinajstić information content (AvgIpc) is 2.09. The van der Waals surface area contributed by atoms with Crippen molar-refractivity contribution in [1.82, 2.24) is 9.80 Å². The normalized spacial score (nSPS) is 21.5. The Morgan fingerprint density at radius 1 is 0.750 bits per heavy atom. The van der Waals surface area contributed by atoms with Crippen LogP contribution < -0.4 is 0 Å². The van der Waals surface area contributed by atoms with E-state index in [1.807, 2.05) is 0 Å². The summed E-state index contributed by atoms with van der Waals surface area (Å²) in [5.41, 5.74) is 0. The summed E-state index contributed by atoms with van der Waals surface area (Å²) < 4.78 is 0. The Bertz CT molecular complexity index is 99.6. The molecule has 1 aliphatic heterocycles. The van der Waals surface area contributed by atoms with E-state index in [1.54, 1.807) is 0 Å². The summed E-state index contributed by atoms with van der Waals surface area (Å²) in [5.74, 6) is 0. The third kappa shape index (κ3) is 3.73. The highest BCUT2D eigenvalue weighted by molar-refractivity contribution is 9.09. The maximum atomic E-state index is 3.47. The van der Waals surface area contributed by atoms with Crippen molar-refractivity contribution < 1.29 is 0 Å². The summed E-state index contributed by atoms with van der Waals surface area (Å²) in [7, 11) is 0. The first-order chi connectivity index (χ1) is 5.86. The third-order valence-electron chi connectivity index (χ3n) is 2.27. The topological polar surface area (TPSA) is 6.48 Å². The van der Waals surface area contributed by atoms with E-state index in [0.717, 1.165) is 10.7 Å². The second-order valence-electron chi connectivity index (χ2n) is 3.06. The van der Waals surface area contributed by atoms with Crippen LogP contribution >= 0.6 is 31.9 Å². The molecule has 1 aliphatic rings. The molecule has 72 valence electrons. The Morgan fingerprint density at radius 3 is 1.33 bits per heavy atom. The fourth-order valence-electron chi connectivity index (χ4n) is 1.48. The zero-order valence-corrected chi connectivity index (χ0v) is 10.5. The van der Waals surface area contributed by atoms with Crippen LogP contribution in [-0.2, 0) is 0 Å². The summed E-state index contributed by atoms with van der Waals surface area (Å²) in [6.07, 6.45) is 0. The van der Waals surface area contributed by atoms with Crippen LogP contribution in [0.4, 0.5) is 0 Å². The van der Waals surface area contributed by atoms with Gasteiger partial charge in [0.25, 0.3) is 0 Å². The molecule has 12 heavy (non-hydrogen) atoms. The lowest BCUT2D eigenvalue weighted by atomic mass is 10.3. The molecule has 0 unspecified atom stereocenters. The van der Waals surface area contributed by atoms with Gasteiger partial charge in [-0.2, -0.15) is 0 Å². The summed E-state index contributed by atoms with van der Waals surface area (Å²) in [6.45, 7) is 7.33. The van der Waals surface area contributed by atoms with Crippen molar-refractivity contribution in [2.24, 2.45) is 0 Å². The molecule has 0 aromatic rings. The van der Waals surface area contributed by atoms with Crippen molar-refractivity contribution in [3.8, 4) is 0 Å². The van der Waals surface area contributed by atoms with E-state index >= 15 is 0 Å². The summed E-state index contributed by atoms with van der Waals surface area (Å²) in [5, 5.41) is 2.21. The standard InChI is InChI=1S/C8H16Br2N2/c9-1-3-11-5-7-12(4-2-10)8-6-11/h1-8H2. The highest BCUT2D eigenvalue weighted by atomic mass is 79.9. The lowest BCUT2D eigenvalue weighted by Crippen LogP contribution is -2.47. The molecular formula is C8H16Br2N2. The van der Waals surface area contributed by atoms with Gasteiger partial charge in [0, 0.05) is 49.9 Å². The van der Waals surface area contributed by atoms with Crippen LogP contribution in [0.1, 0.15) is 0 Å². The fraction of sp³-hybridized carbons (Fsp3) is 1.00. The van der Waals surface area contributed by atoms with Gasteiger partial charge in [0.1, 0.15) is 0 Å². The molecule has 4 heteroatoms. The van der Waals surface area contributed by atoms with Gasteiger partial charge in [0.2, 0.25) is 0 Å². The van der Waals surface area contributed by atoms with Crippen LogP contribution in [0, 0.1) is 0 Å². The first-order valence-electron chi connectivity index (χ1n) is 4.43. The maximum absolute atomic E-state index is 3.47. The van der Waals surface area contributed by atoms with Gasteiger partial charge in [-0.05, 0) is 0 Å². The van der Waals surface area contributed by atoms with Crippen LogP contribution in [0.15, 0.2) is 0 Å². The zero-order valence-electron chi connectivity index (χ0n) is 7.31. The SMILES string of the molecule is BrCCN1CCN(CCBr)CC1. The van der Waals surface area contributed by atoms with Crippen LogP contribution in [0.2, 0.25) is 0 Å². The average molecular weight is 300 g/mol. The van der Waals surface area contributed by atoms with Crippen molar-refractivity contribution in [1.29, 1.82) is 0 Å². The third-order valence-corrected chi connectivity index (χ3v) is 2.98. The predicted octanol–water partition coefficient (Wildman–Crippen LogP) is 1.39. The number of hydrogen-bond acceptors (Lipinski definition) is 2. The molecule has 1 fully saturated rings. The number of alkyl halides is 2. The van der Waals surface area contributed by atoms with Crippen molar-refractivity contribution in [3.05, 3.63) is 0 Å². The van der Waals surface area contributed by atoms with Crippen molar-refractivity contribution >= 4 is 31.9 Å². The summed E-state index contributed by atoms with van der Waals surface area (Å²) >= 11 is 6.94. The van der Waals surface area contributed by atoms with E-state index in [2.05, 4.69) is 41.7 Å². The van der Waals surface area contributed by atoms with Crippen LogP contribution in [0.5, 0.6) is 0 Å². The molecule has 0 atom stereocenters. The minimum absolute atomic E-state index is 1.10. The lowest BCUT2D eigenvalue weighted by Gasteiger charge is -2.33. The number of piperazine rings is 1. The van der Waals surface area contributed by atoms with Gasteiger partial charge in [-0.25, -0.2) is 0 Å². The molecule has 0 aromatic heterocycles. The number of hydrogen-bond donors (Lipinski definition) is 0. The van der Waals surface area contributed by atoms with Crippen molar-refractivity contribution in [2.75, 3.05) is 49.9 Å². The van der Waals surface area contributed by atoms with E-state index in [0.29, 0.717) is 0 Å². The molecule has 0 N–H and O–H groups in total. The molecule has 0 amide bonds. The minimum Gasteiger partial charge on any atom is -0.300 e. The Hall–Kier alpha value is 0.880. The number of rotatable bonds is 4.